The molecule has 0 aromatic carbocycles. The molecular weight excluding hydrogens is 161 g/mol. The van der Waals surface area contributed by atoms with Gasteiger partial charge in [0.1, 0.15) is 0 Å². The molecule has 0 spiro atoms. The third-order valence-corrected chi connectivity index (χ3v) is 0. The Kier molecular flexibility index (Phi) is 61.6. The molecule has 0 N–H and O–H groups in total. The van der Waals surface area contributed by atoms with E-state index >= 15 is 0 Å². The van der Waals surface area contributed by atoms with Gasteiger partial charge in [-0.3, -0.25) is 0 Å². The number of rotatable bonds is 0. The van der Waals surface area contributed by atoms with Crippen molar-refractivity contribution in [3.05, 3.63) is 13.3 Å². The zero-order valence-corrected chi connectivity index (χ0v) is 8.41. The molecule has 0 saturated carbocycles. The van der Waals surface area contributed by atoms with Crippen LogP contribution in [0.2, 0.25) is 0 Å². The Morgan fingerprint density at radius 3 is 1.43 bits per heavy atom. The largest absolute Gasteiger partial charge is 0.344 e. The van der Waals surface area contributed by atoms with Gasteiger partial charge in [0.15, 0.2) is 0 Å². The molecule has 0 aliphatic rings. The molecule has 0 heterocycles. The Hall–Kier alpha value is 1.10. The van der Waals surface area contributed by atoms with E-state index in [2.05, 4.69) is 6.92 Å². The first-order chi connectivity index (χ1) is 2.83. The minimum Gasteiger partial charge on any atom is -0.344 e. The van der Waals surface area contributed by atoms with Crippen molar-refractivity contribution < 1.29 is 32.7 Å². The Labute approximate surface area is 73.0 Å². The molecule has 0 aliphatic carbocycles. The zero-order valence-electron chi connectivity index (χ0n) is 5.57. The first-order valence-corrected chi connectivity index (χ1v) is 2.36. The minimum atomic E-state index is 0. The van der Waals surface area contributed by atoms with Crippen molar-refractivity contribution >= 4 is 0 Å². The SMILES string of the molecule is C[CH-]C.[CH2-]CC.[Y]. The fraction of sp³-hybridized carbons (Fsp3) is 0.667. The summed E-state index contributed by atoms with van der Waals surface area (Å²) in [7, 11) is 0. The molecule has 0 atom stereocenters. The van der Waals surface area contributed by atoms with Crippen LogP contribution in [-0.2, 0) is 32.7 Å². The van der Waals surface area contributed by atoms with E-state index in [-0.39, 0.29) is 32.7 Å². The monoisotopic (exact) mass is 175 g/mol. The van der Waals surface area contributed by atoms with Crippen molar-refractivity contribution in [2.24, 2.45) is 0 Å². The molecular formula is C6H14Y-2. The fourth-order valence-electron chi connectivity index (χ4n) is 0. The number of hydrogen-bond donors (Lipinski definition) is 0. The third kappa shape index (κ3) is 152. The van der Waals surface area contributed by atoms with Gasteiger partial charge in [0, 0.05) is 32.7 Å². The molecule has 43 valence electrons. The van der Waals surface area contributed by atoms with Crippen molar-refractivity contribution in [2.75, 3.05) is 0 Å². The normalized spacial score (nSPS) is 5.14. The molecule has 0 aromatic rings. The van der Waals surface area contributed by atoms with Gasteiger partial charge in [0.2, 0.25) is 0 Å². The van der Waals surface area contributed by atoms with Gasteiger partial charge in [-0.05, 0) is 0 Å². The Balaban J connectivity index is -0.0000000400. The van der Waals surface area contributed by atoms with Gasteiger partial charge in [0.25, 0.3) is 0 Å². The summed E-state index contributed by atoms with van der Waals surface area (Å²) >= 11 is 0. The van der Waals surface area contributed by atoms with Crippen LogP contribution in [0.4, 0.5) is 0 Å². The van der Waals surface area contributed by atoms with E-state index in [0.29, 0.717) is 0 Å². The summed E-state index contributed by atoms with van der Waals surface area (Å²) in [6.07, 6.45) is 3.00. The predicted molar refractivity (Wildman–Crippen MR) is 31.3 cm³/mol. The van der Waals surface area contributed by atoms with Crippen LogP contribution in [0.1, 0.15) is 27.2 Å². The molecule has 0 amide bonds. The minimum absolute atomic E-state index is 0. The maximum Gasteiger partial charge on any atom is 0 e. The van der Waals surface area contributed by atoms with E-state index < -0.39 is 0 Å². The van der Waals surface area contributed by atoms with Gasteiger partial charge < -0.3 is 13.3 Å². The molecule has 0 nitrogen and oxygen atoms in total. The second-order valence-corrected chi connectivity index (χ2v) is 1.08. The van der Waals surface area contributed by atoms with Gasteiger partial charge in [0.05, 0.1) is 0 Å². The quantitative estimate of drug-likeness (QED) is 0.496. The summed E-state index contributed by atoms with van der Waals surface area (Å²) in [5, 5.41) is 0. The molecule has 0 bridgehead atoms. The van der Waals surface area contributed by atoms with Crippen LogP contribution < -0.4 is 0 Å². The van der Waals surface area contributed by atoms with E-state index in [9.17, 15) is 0 Å². The van der Waals surface area contributed by atoms with Gasteiger partial charge in [-0.15, -0.1) is 0 Å². The maximum absolute atomic E-state index is 3.49. The van der Waals surface area contributed by atoms with E-state index in [1.807, 2.05) is 27.2 Å². The molecule has 0 fully saturated rings. The van der Waals surface area contributed by atoms with Crippen LogP contribution >= 0.6 is 0 Å². The summed E-state index contributed by atoms with van der Waals surface area (Å²) in [6, 6.07) is 0. The topological polar surface area (TPSA) is 0 Å². The molecule has 1 heteroatoms. The van der Waals surface area contributed by atoms with Crippen molar-refractivity contribution in [1.82, 2.24) is 0 Å². The van der Waals surface area contributed by atoms with Crippen molar-refractivity contribution in [1.29, 1.82) is 0 Å². The molecule has 1 radical (unpaired) electrons. The zero-order chi connectivity index (χ0) is 5.41. The summed E-state index contributed by atoms with van der Waals surface area (Å²) in [5.74, 6) is 0. The van der Waals surface area contributed by atoms with Crippen LogP contribution in [0.3, 0.4) is 0 Å². The summed E-state index contributed by atoms with van der Waals surface area (Å²) in [4.78, 5) is 0. The summed E-state index contributed by atoms with van der Waals surface area (Å²) < 4.78 is 0. The van der Waals surface area contributed by atoms with Crippen LogP contribution in [0.5, 0.6) is 0 Å². The van der Waals surface area contributed by atoms with E-state index in [0.717, 1.165) is 6.42 Å². The van der Waals surface area contributed by atoms with Crippen LogP contribution in [0.15, 0.2) is 0 Å². The third-order valence-electron chi connectivity index (χ3n) is 0. The first kappa shape index (κ1) is 15.7. The molecule has 0 saturated heterocycles. The second-order valence-electron chi connectivity index (χ2n) is 1.08. The van der Waals surface area contributed by atoms with Crippen molar-refractivity contribution in [3.8, 4) is 0 Å². The second kappa shape index (κ2) is 27.5. The number of hydrogen-bond acceptors (Lipinski definition) is 0. The van der Waals surface area contributed by atoms with Crippen molar-refractivity contribution in [3.63, 3.8) is 0 Å². The van der Waals surface area contributed by atoms with Gasteiger partial charge in [-0.25, -0.2) is 0 Å². The standard InChI is InChI=1S/2C3H7.Y/c2*1-3-2;/h3H,1-2H3;1,3H2,2H3;/q2*-1;. The van der Waals surface area contributed by atoms with Crippen LogP contribution in [0, 0.1) is 13.3 Å². The Morgan fingerprint density at radius 1 is 1.43 bits per heavy atom. The smallest absolute Gasteiger partial charge is 0 e. The Morgan fingerprint density at radius 2 is 1.43 bits per heavy atom. The summed E-state index contributed by atoms with van der Waals surface area (Å²) in [6.45, 7) is 9.50. The van der Waals surface area contributed by atoms with E-state index in [1.54, 1.807) is 0 Å². The van der Waals surface area contributed by atoms with Gasteiger partial charge in [-0.1, -0.05) is 6.92 Å². The molecule has 0 aromatic heterocycles. The maximum atomic E-state index is 3.49. The van der Waals surface area contributed by atoms with Crippen LogP contribution in [0.25, 0.3) is 0 Å². The molecule has 0 rings (SSSR count). The van der Waals surface area contributed by atoms with Gasteiger partial charge in [-0.2, -0.15) is 20.3 Å². The fourth-order valence-corrected chi connectivity index (χ4v) is 0. The predicted octanol–water partition coefficient (Wildman–Crippen LogP) is 2.46. The molecule has 7 heavy (non-hydrogen) atoms. The first-order valence-electron chi connectivity index (χ1n) is 2.36. The Bertz CT molecular complexity index is 6.14. The van der Waals surface area contributed by atoms with Crippen LogP contribution in [-0.4, -0.2) is 0 Å². The average molecular weight is 175 g/mol. The van der Waals surface area contributed by atoms with Crippen molar-refractivity contribution in [2.45, 2.75) is 27.2 Å². The summed E-state index contributed by atoms with van der Waals surface area (Å²) in [5.41, 5.74) is 0. The van der Waals surface area contributed by atoms with E-state index in [1.165, 1.54) is 0 Å². The van der Waals surface area contributed by atoms with Gasteiger partial charge >= 0.3 is 0 Å². The van der Waals surface area contributed by atoms with E-state index in [4.69, 9.17) is 0 Å². The molecule has 0 aliphatic heterocycles. The average Bonchev–Trinajstić information content (AvgIpc) is 1.39. The molecule has 0 unspecified atom stereocenters.